The highest BCUT2D eigenvalue weighted by Gasteiger charge is 2.22. The van der Waals surface area contributed by atoms with E-state index >= 15 is 0 Å². The summed E-state index contributed by atoms with van der Waals surface area (Å²) in [7, 11) is 0. The maximum Gasteiger partial charge on any atom is 0.0372 e. The summed E-state index contributed by atoms with van der Waals surface area (Å²) in [4.78, 5) is 2.48. The first-order chi connectivity index (χ1) is 8.56. The Hall–Kier alpha value is -1.02. The second kappa shape index (κ2) is 5.75. The quantitative estimate of drug-likeness (QED) is 0.715. The van der Waals surface area contributed by atoms with Crippen LogP contribution in [0.5, 0.6) is 0 Å². The smallest absolute Gasteiger partial charge is 0.0372 e. The van der Waals surface area contributed by atoms with E-state index in [1.54, 1.807) is 0 Å². The lowest BCUT2D eigenvalue weighted by molar-refractivity contribution is 0.578. The Kier molecular flexibility index (Phi) is 4.28. The van der Waals surface area contributed by atoms with Crippen molar-refractivity contribution in [1.29, 1.82) is 0 Å². The summed E-state index contributed by atoms with van der Waals surface area (Å²) in [5, 5.41) is 0. The predicted molar refractivity (Wildman–Crippen MR) is 83.1 cm³/mol. The van der Waals surface area contributed by atoms with Gasteiger partial charge in [-0.05, 0) is 51.0 Å². The second-order valence-corrected chi connectivity index (χ2v) is 6.11. The average molecular weight is 306 g/mol. The van der Waals surface area contributed by atoms with Crippen LogP contribution in [0.4, 0.5) is 5.69 Å². The molecule has 0 amide bonds. The number of hydrogen-bond donors (Lipinski definition) is 0. The van der Waals surface area contributed by atoms with E-state index in [0.29, 0.717) is 6.04 Å². The van der Waals surface area contributed by atoms with Crippen molar-refractivity contribution in [1.82, 2.24) is 0 Å². The molecule has 2 heteroatoms. The van der Waals surface area contributed by atoms with E-state index in [1.807, 2.05) is 0 Å². The van der Waals surface area contributed by atoms with Gasteiger partial charge in [0, 0.05) is 22.7 Å². The van der Waals surface area contributed by atoms with Crippen LogP contribution in [0, 0.1) is 0 Å². The van der Waals surface area contributed by atoms with Gasteiger partial charge in [0.2, 0.25) is 0 Å². The van der Waals surface area contributed by atoms with E-state index in [1.165, 1.54) is 16.8 Å². The molecule has 0 unspecified atom stereocenters. The van der Waals surface area contributed by atoms with Crippen LogP contribution < -0.4 is 4.90 Å². The Bertz CT molecular complexity index is 458. The van der Waals surface area contributed by atoms with Gasteiger partial charge in [0.15, 0.2) is 0 Å². The topological polar surface area (TPSA) is 3.24 Å². The van der Waals surface area contributed by atoms with Crippen LogP contribution in [0.1, 0.15) is 26.7 Å². The van der Waals surface area contributed by atoms with Crippen LogP contribution in [0.2, 0.25) is 0 Å². The first kappa shape index (κ1) is 13.4. The minimum atomic E-state index is 0.550. The van der Waals surface area contributed by atoms with Gasteiger partial charge in [-0.15, -0.1) is 6.58 Å². The lowest BCUT2D eigenvalue weighted by Gasteiger charge is -2.37. The van der Waals surface area contributed by atoms with Crippen LogP contribution in [0.15, 0.2) is 52.5 Å². The molecule has 1 aromatic carbocycles. The Morgan fingerprint density at radius 2 is 2.06 bits per heavy atom. The van der Waals surface area contributed by atoms with E-state index in [2.05, 4.69) is 71.6 Å². The number of hydrogen-bond acceptors (Lipinski definition) is 1. The fourth-order valence-electron chi connectivity index (χ4n) is 2.50. The van der Waals surface area contributed by atoms with E-state index in [0.717, 1.165) is 23.9 Å². The van der Waals surface area contributed by atoms with Crippen molar-refractivity contribution in [3.05, 3.63) is 52.5 Å². The molecule has 1 aliphatic heterocycles. The van der Waals surface area contributed by atoms with Crippen molar-refractivity contribution in [2.24, 2.45) is 0 Å². The SMILES string of the molecule is C=C(C)C[C@@H]1CC(C)=CCN1c1ccc(Br)cc1. The molecule has 0 saturated heterocycles. The van der Waals surface area contributed by atoms with Gasteiger partial charge in [-0.1, -0.05) is 33.2 Å². The number of nitrogens with zero attached hydrogens (tertiary/aromatic N) is 1. The van der Waals surface area contributed by atoms with Gasteiger partial charge in [-0.2, -0.15) is 0 Å². The third kappa shape index (κ3) is 3.26. The van der Waals surface area contributed by atoms with Gasteiger partial charge in [-0.25, -0.2) is 0 Å². The zero-order valence-corrected chi connectivity index (χ0v) is 12.7. The third-order valence-corrected chi connectivity index (χ3v) is 3.91. The largest absolute Gasteiger partial charge is 0.364 e. The molecule has 0 spiro atoms. The molecule has 1 heterocycles. The summed E-state index contributed by atoms with van der Waals surface area (Å²) in [5.74, 6) is 0. The molecular weight excluding hydrogens is 286 g/mol. The first-order valence-electron chi connectivity index (χ1n) is 6.38. The lowest BCUT2D eigenvalue weighted by atomic mass is 9.95. The molecule has 96 valence electrons. The normalized spacial score (nSPS) is 19.6. The van der Waals surface area contributed by atoms with E-state index in [9.17, 15) is 0 Å². The van der Waals surface area contributed by atoms with Crippen LogP contribution in [-0.4, -0.2) is 12.6 Å². The monoisotopic (exact) mass is 305 g/mol. The van der Waals surface area contributed by atoms with Gasteiger partial charge in [0.25, 0.3) is 0 Å². The fraction of sp³-hybridized carbons (Fsp3) is 0.375. The van der Waals surface area contributed by atoms with Gasteiger partial charge in [-0.3, -0.25) is 0 Å². The lowest BCUT2D eigenvalue weighted by Crippen LogP contribution is -2.38. The van der Waals surface area contributed by atoms with Crippen molar-refractivity contribution in [2.45, 2.75) is 32.7 Å². The minimum Gasteiger partial charge on any atom is -0.364 e. The molecule has 18 heavy (non-hydrogen) atoms. The molecule has 0 radical (unpaired) electrons. The Balaban J connectivity index is 2.23. The third-order valence-electron chi connectivity index (χ3n) is 3.38. The van der Waals surface area contributed by atoms with Crippen molar-refractivity contribution < 1.29 is 0 Å². The molecule has 0 aliphatic carbocycles. The van der Waals surface area contributed by atoms with E-state index in [-0.39, 0.29) is 0 Å². The van der Waals surface area contributed by atoms with E-state index < -0.39 is 0 Å². The minimum absolute atomic E-state index is 0.550. The number of anilines is 1. The maximum absolute atomic E-state index is 4.06. The summed E-state index contributed by atoms with van der Waals surface area (Å²) in [6, 6.07) is 9.14. The zero-order valence-electron chi connectivity index (χ0n) is 11.1. The molecule has 0 N–H and O–H groups in total. The summed E-state index contributed by atoms with van der Waals surface area (Å²) in [6.45, 7) is 9.41. The van der Waals surface area contributed by atoms with Gasteiger partial charge in [0.05, 0.1) is 0 Å². The van der Waals surface area contributed by atoms with Crippen molar-refractivity contribution in [3.8, 4) is 0 Å². The Morgan fingerprint density at radius 3 is 2.67 bits per heavy atom. The van der Waals surface area contributed by atoms with Crippen molar-refractivity contribution in [3.63, 3.8) is 0 Å². The Morgan fingerprint density at radius 1 is 1.39 bits per heavy atom. The highest BCUT2D eigenvalue weighted by molar-refractivity contribution is 9.10. The standard InChI is InChI=1S/C16H20BrN/c1-12(2)10-16-11-13(3)8-9-18(16)15-6-4-14(17)5-7-15/h4-8,16H,1,9-11H2,2-3H3/t16-/m1/s1. The number of benzene rings is 1. The molecule has 1 aliphatic rings. The van der Waals surface area contributed by atoms with Crippen LogP contribution >= 0.6 is 15.9 Å². The molecule has 1 aromatic rings. The van der Waals surface area contributed by atoms with E-state index in [4.69, 9.17) is 0 Å². The van der Waals surface area contributed by atoms with Gasteiger partial charge >= 0.3 is 0 Å². The summed E-state index contributed by atoms with van der Waals surface area (Å²) < 4.78 is 1.13. The van der Waals surface area contributed by atoms with Crippen LogP contribution in [-0.2, 0) is 0 Å². The number of halogens is 1. The zero-order chi connectivity index (χ0) is 13.1. The molecule has 0 bridgehead atoms. The Labute approximate surface area is 118 Å². The van der Waals surface area contributed by atoms with Crippen LogP contribution in [0.25, 0.3) is 0 Å². The summed E-state index contributed by atoms with van der Waals surface area (Å²) >= 11 is 3.49. The molecule has 0 fully saturated rings. The molecule has 1 atom stereocenters. The highest BCUT2D eigenvalue weighted by Crippen LogP contribution is 2.28. The van der Waals surface area contributed by atoms with Gasteiger partial charge < -0.3 is 4.90 Å². The average Bonchev–Trinajstić information content (AvgIpc) is 2.30. The van der Waals surface area contributed by atoms with Gasteiger partial charge in [0.1, 0.15) is 0 Å². The molecule has 1 nitrogen and oxygen atoms in total. The summed E-state index contributed by atoms with van der Waals surface area (Å²) in [5.41, 5.74) is 4.06. The molecule has 0 saturated carbocycles. The van der Waals surface area contributed by atoms with Crippen LogP contribution in [0.3, 0.4) is 0 Å². The fourth-order valence-corrected chi connectivity index (χ4v) is 2.77. The molecule has 0 aromatic heterocycles. The number of rotatable bonds is 3. The predicted octanol–water partition coefficient (Wildman–Crippen LogP) is 4.94. The maximum atomic E-state index is 4.06. The first-order valence-corrected chi connectivity index (χ1v) is 7.18. The van der Waals surface area contributed by atoms with Crippen molar-refractivity contribution >= 4 is 21.6 Å². The second-order valence-electron chi connectivity index (χ2n) is 5.20. The molecule has 2 rings (SSSR count). The molecular formula is C16H20BrN. The van der Waals surface area contributed by atoms with Crippen molar-refractivity contribution in [2.75, 3.05) is 11.4 Å². The highest BCUT2D eigenvalue weighted by atomic mass is 79.9. The summed E-state index contributed by atoms with van der Waals surface area (Å²) in [6.07, 6.45) is 4.54.